The van der Waals surface area contributed by atoms with Crippen molar-refractivity contribution in [3.05, 3.63) is 54.6 Å². The number of piperazine rings is 1. The number of amides is 1. The van der Waals surface area contributed by atoms with E-state index in [0.29, 0.717) is 37.6 Å². The molecule has 0 saturated carbocycles. The molecule has 0 unspecified atom stereocenters. The smallest absolute Gasteiger partial charge is 0.243 e. The molecule has 0 radical (unpaired) electrons. The Bertz CT molecular complexity index is 947. The lowest BCUT2D eigenvalue weighted by atomic mass is 10.1. The van der Waals surface area contributed by atoms with Gasteiger partial charge >= 0.3 is 0 Å². The molecular weight excluding hydrogens is 398 g/mol. The van der Waals surface area contributed by atoms with Crippen LogP contribution >= 0.6 is 0 Å². The summed E-state index contributed by atoms with van der Waals surface area (Å²) in [7, 11) is -3.52. The highest BCUT2D eigenvalue weighted by Crippen LogP contribution is 2.23. The molecule has 2 fully saturated rings. The normalized spacial score (nSPS) is 19.0. The third-order valence-electron chi connectivity index (χ3n) is 6.00. The Morgan fingerprint density at radius 2 is 1.33 bits per heavy atom. The van der Waals surface area contributed by atoms with E-state index in [1.165, 1.54) is 10.7 Å². The van der Waals surface area contributed by atoms with Crippen molar-refractivity contribution in [2.75, 3.05) is 45.8 Å². The molecule has 160 valence electrons. The van der Waals surface area contributed by atoms with Gasteiger partial charge in [0.15, 0.2) is 0 Å². The van der Waals surface area contributed by atoms with E-state index in [1.807, 2.05) is 47.4 Å². The van der Waals surface area contributed by atoms with Crippen molar-refractivity contribution >= 4 is 15.9 Å². The molecule has 7 heteroatoms. The van der Waals surface area contributed by atoms with E-state index >= 15 is 0 Å². The van der Waals surface area contributed by atoms with Crippen LogP contribution in [0.25, 0.3) is 11.1 Å². The van der Waals surface area contributed by atoms with Crippen LogP contribution in [-0.2, 0) is 14.8 Å². The average molecular weight is 428 g/mol. The predicted octanol–water partition coefficient (Wildman–Crippen LogP) is 2.67. The van der Waals surface area contributed by atoms with Gasteiger partial charge in [0.05, 0.1) is 11.4 Å². The molecule has 2 aliphatic rings. The van der Waals surface area contributed by atoms with Crippen LogP contribution < -0.4 is 0 Å². The summed E-state index contributed by atoms with van der Waals surface area (Å²) in [6.07, 6.45) is 3.37. The quantitative estimate of drug-likeness (QED) is 0.736. The van der Waals surface area contributed by atoms with E-state index in [-0.39, 0.29) is 5.91 Å². The maximum Gasteiger partial charge on any atom is 0.243 e. The van der Waals surface area contributed by atoms with E-state index in [0.717, 1.165) is 37.1 Å². The lowest BCUT2D eigenvalue weighted by Crippen LogP contribution is -2.51. The van der Waals surface area contributed by atoms with Crippen molar-refractivity contribution < 1.29 is 13.2 Å². The first kappa shape index (κ1) is 21.0. The zero-order valence-corrected chi connectivity index (χ0v) is 18.1. The molecule has 2 saturated heterocycles. The Hall–Kier alpha value is -2.22. The van der Waals surface area contributed by atoms with Crippen molar-refractivity contribution in [3.63, 3.8) is 0 Å². The van der Waals surface area contributed by atoms with Gasteiger partial charge in [0.25, 0.3) is 0 Å². The summed E-state index contributed by atoms with van der Waals surface area (Å²) >= 11 is 0. The molecule has 2 aromatic rings. The van der Waals surface area contributed by atoms with Gasteiger partial charge in [-0.05, 0) is 42.5 Å². The molecular formula is C23H29N3O3S. The van der Waals surface area contributed by atoms with Crippen LogP contribution in [0.3, 0.4) is 0 Å². The molecule has 2 heterocycles. The Morgan fingerprint density at radius 3 is 1.97 bits per heavy atom. The van der Waals surface area contributed by atoms with Gasteiger partial charge in [-0.15, -0.1) is 0 Å². The summed E-state index contributed by atoms with van der Waals surface area (Å²) in [4.78, 5) is 16.8. The van der Waals surface area contributed by atoms with Crippen LogP contribution in [0, 0.1) is 0 Å². The summed E-state index contributed by atoms with van der Waals surface area (Å²) in [6, 6.07) is 17.0. The fraction of sp³-hybridized carbons (Fsp3) is 0.435. The van der Waals surface area contributed by atoms with Gasteiger partial charge in [0, 0.05) is 39.3 Å². The highest BCUT2D eigenvalue weighted by atomic mass is 32.2. The molecule has 0 spiro atoms. The first-order valence-electron chi connectivity index (χ1n) is 10.7. The molecule has 0 N–H and O–H groups in total. The zero-order valence-electron chi connectivity index (χ0n) is 17.2. The second-order valence-corrected chi connectivity index (χ2v) is 9.95. The van der Waals surface area contributed by atoms with Crippen LogP contribution in [0.2, 0.25) is 0 Å². The number of benzene rings is 2. The van der Waals surface area contributed by atoms with Gasteiger partial charge in [0.2, 0.25) is 15.9 Å². The minimum atomic E-state index is -3.52. The maximum atomic E-state index is 13.0. The topological polar surface area (TPSA) is 60.9 Å². The summed E-state index contributed by atoms with van der Waals surface area (Å²) in [5.41, 5.74) is 2.06. The first-order valence-corrected chi connectivity index (χ1v) is 12.1. The maximum absolute atomic E-state index is 13.0. The molecule has 0 atom stereocenters. The number of rotatable bonds is 5. The monoisotopic (exact) mass is 427 g/mol. The van der Waals surface area contributed by atoms with Crippen LogP contribution in [0.15, 0.2) is 59.5 Å². The second-order valence-electron chi connectivity index (χ2n) is 8.01. The van der Waals surface area contributed by atoms with Gasteiger partial charge in [-0.25, -0.2) is 8.42 Å². The molecule has 0 bridgehead atoms. The average Bonchev–Trinajstić information content (AvgIpc) is 2.81. The van der Waals surface area contributed by atoms with Crippen LogP contribution in [0.1, 0.15) is 19.3 Å². The summed E-state index contributed by atoms with van der Waals surface area (Å²) < 4.78 is 27.6. The van der Waals surface area contributed by atoms with Crippen LogP contribution in [-0.4, -0.2) is 74.2 Å². The number of carbonyl (C=O) groups excluding carboxylic acids is 1. The van der Waals surface area contributed by atoms with Crippen LogP contribution in [0.5, 0.6) is 0 Å². The summed E-state index contributed by atoms with van der Waals surface area (Å²) in [6.45, 7) is 4.09. The minimum Gasteiger partial charge on any atom is -0.342 e. The Morgan fingerprint density at radius 1 is 0.733 bits per heavy atom. The van der Waals surface area contributed by atoms with E-state index in [4.69, 9.17) is 0 Å². The fourth-order valence-electron chi connectivity index (χ4n) is 4.16. The zero-order chi connectivity index (χ0) is 21.0. The molecule has 4 rings (SSSR count). The highest BCUT2D eigenvalue weighted by molar-refractivity contribution is 7.89. The van der Waals surface area contributed by atoms with Crippen molar-refractivity contribution in [2.24, 2.45) is 0 Å². The lowest BCUT2D eigenvalue weighted by molar-refractivity contribution is -0.133. The molecule has 1 amide bonds. The summed E-state index contributed by atoms with van der Waals surface area (Å²) in [5, 5.41) is 0. The van der Waals surface area contributed by atoms with Crippen molar-refractivity contribution in [1.29, 1.82) is 0 Å². The molecule has 6 nitrogen and oxygen atoms in total. The number of sulfonamides is 1. The molecule has 2 aromatic carbocycles. The SMILES string of the molecule is O=C(CN1CCN(S(=O)(=O)c2ccc(-c3ccccc3)cc2)CC1)N1CCCCC1. The number of hydrogen-bond acceptors (Lipinski definition) is 4. The fourth-order valence-corrected chi connectivity index (χ4v) is 5.58. The first-order chi connectivity index (χ1) is 14.5. The van der Waals surface area contributed by atoms with Gasteiger partial charge < -0.3 is 4.90 Å². The standard InChI is InChI=1S/C23H29N3O3S/c27-23(25-13-5-2-6-14-25)19-24-15-17-26(18-16-24)30(28,29)22-11-9-21(10-12-22)20-7-3-1-4-8-20/h1,3-4,7-12H,2,5-6,13-19H2. The number of piperidine rings is 1. The third-order valence-corrected chi connectivity index (χ3v) is 7.91. The molecule has 30 heavy (non-hydrogen) atoms. The van der Waals surface area contributed by atoms with Crippen molar-refractivity contribution in [3.8, 4) is 11.1 Å². The number of carbonyl (C=O) groups is 1. The van der Waals surface area contributed by atoms with Gasteiger partial charge in [0.1, 0.15) is 0 Å². The van der Waals surface area contributed by atoms with Crippen LogP contribution in [0.4, 0.5) is 0 Å². The molecule has 0 aromatic heterocycles. The van der Waals surface area contributed by atoms with E-state index < -0.39 is 10.0 Å². The number of nitrogens with zero attached hydrogens (tertiary/aromatic N) is 3. The number of likely N-dealkylation sites (tertiary alicyclic amines) is 1. The van der Waals surface area contributed by atoms with Gasteiger partial charge in [-0.2, -0.15) is 4.31 Å². The van der Waals surface area contributed by atoms with Gasteiger partial charge in [-0.3, -0.25) is 9.69 Å². The van der Waals surface area contributed by atoms with Gasteiger partial charge in [-0.1, -0.05) is 42.5 Å². The lowest BCUT2D eigenvalue weighted by Gasteiger charge is -2.35. The Labute approximate surface area is 179 Å². The largest absolute Gasteiger partial charge is 0.342 e. The third kappa shape index (κ3) is 4.74. The Balaban J connectivity index is 1.35. The van der Waals surface area contributed by atoms with Crippen molar-refractivity contribution in [2.45, 2.75) is 24.2 Å². The minimum absolute atomic E-state index is 0.169. The Kier molecular flexibility index (Phi) is 6.51. The van der Waals surface area contributed by atoms with E-state index in [9.17, 15) is 13.2 Å². The second kappa shape index (κ2) is 9.29. The molecule has 0 aliphatic carbocycles. The van der Waals surface area contributed by atoms with E-state index in [2.05, 4.69) is 4.90 Å². The molecule has 2 aliphatic heterocycles. The van der Waals surface area contributed by atoms with Crippen molar-refractivity contribution in [1.82, 2.24) is 14.1 Å². The van der Waals surface area contributed by atoms with E-state index in [1.54, 1.807) is 12.1 Å². The summed E-state index contributed by atoms with van der Waals surface area (Å²) in [5.74, 6) is 0.169. The highest BCUT2D eigenvalue weighted by Gasteiger charge is 2.29. The predicted molar refractivity (Wildman–Crippen MR) is 118 cm³/mol. The number of hydrogen-bond donors (Lipinski definition) is 0.